The van der Waals surface area contributed by atoms with Gasteiger partial charge in [0.15, 0.2) is 0 Å². The molecule has 1 N–H and O–H groups in total. The molecule has 0 heterocycles. The van der Waals surface area contributed by atoms with Crippen molar-refractivity contribution in [2.45, 2.75) is 32.3 Å². The van der Waals surface area contributed by atoms with Gasteiger partial charge in [0.1, 0.15) is 0 Å². The van der Waals surface area contributed by atoms with E-state index in [1.165, 1.54) is 0 Å². The number of unbranched alkanes of at least 4 members (excludes halogenated alkanes) is 1. The highest BCUT2D eigenvalue weighted by Gasteiger charge is 1.97. The lowest BCUT2D eigenvalue weighted by molar-refractivity contribution is 0.210. The third-order valence-electron chi connectivity index (χ3n) is 2.23. The third-order valence-corrected chi connectivity index (χ3v) is 2.49. The first-order valence-electron chi connectivity index (χ1n) is 5.34. The topological polar surface area (TPSA) is 20.2 Å². The summed E-state index contributed by atoms with van der Waals surface area (Å²) in [7, 11) is 0. The van der Waals surface area contributed by atoms with Crippen LogP contribution in [-0.4, -0.2) is 11.2 Å². The van der Waals surface area contributed by atoms with Gasteiger partial charge in [-0.3, -0.25) is 0 Å². The second kappa shape index (κ2) is 6.65. The second-order valence-corrected chi connectivity index (χ2v) is 4.06. The Morgan fingerprint density at radius 1 is 1.33 bits per heavy atom. The average Bonchev–Trinajstić information content (AvgIpc) is 2.25. The predicted molar refractivity (Wildman–Crippen MR) is 66.0 cm³/mol. The normalized spacial score (nSPS) is 13.3. The summed E-state index contributed by atoms with van der Waals surface area (Å²) in [5, 5.41) is 10.3. The molecule has 1 aromatic carbocycles. The predicted octanol–water partition coefficient (Wildman–Crippen LogP) is 3.90. The Kier molecular flexibility index (Phi) is 5.44. The maximum Gasteiger partial charge on any atom is 0.0724 e. The molecule has 82 valence electrons. The number of rotatable bonds is 5. The molecule has 0 aliphatic carbocycles. The summed E-state index contributed by atoms with van der Waals surface area (Å²) < 4.78 is 0. The lowest BCUT2D eigenvalue weighted by Crippen LogP contribution is -2.00. The van der Waals surface area contributed by atoms with Crippen molar-refractivity contribution in [3.8, 4) is 0 Å². The molecule has 0 radical (unpaired) electrons. The van der Waals surface area contributed by atoms with Crippen molar-refractivity contribution in [1.29, 1.82) is 0 Å². The van der Waals surface area contributed by atoms with E-state index in [4.69, 9.17) is 11.6 Å². The zero-order valence-electron chi connectivity index (χ0n) is 8.99. The molecule has 0 saturated carbocycles. The third kappa shape index (κ3) is 5.01. The van der Waals surface area contributed by atoms with Crippen molar-refractivity contribution in [1.82, 2.24) is 0 Å². The Bertz CT molecular complexity index is 303. The molecule has 1 nitrogen and oxygen atoms in total. The van der Waals surface area contributed by atoms with Crippen molar-refractivity contribution in [2.75, 3.05) is 0 Å². The van der Waals surface area contributed by atoms with E-state index >= 15 is 0 Å². The largest absolute Gasteiger partial charge is 0.389 e. The maximum absolute atomic E-state index is 9.58. The highest BCUT2D eigenvalue weighted by Crippen LogP contribution is 2.11. The maximum atomic E-state index is 9.58. The van der Waals surface area contributed by atoms with Gasteiger partial charge in [0.2, 0.25) is 0 Å². The Morgan fingerprint density at radius 2 is 2.00 bits per heavy atom. The summed E-state index contributed by atoms with van der Waals surface area (Å²) in [5.41, 5.74) is 1.06. The molecule has 1 rings (SSSR count). The van der Waals surface area contributed by atoms with Gasteiger partial charge in [0, 0.05) is 5.02 Å². The Labute approximate surface area is 96.4 Å². The molecular weight excluding hydrogens is 208 g/mol. The number of hydrogen-bond acceptors (Lipinski definition) is 1. The summed E-state index contributed by atoms with van der Waals surface area (Å²) in [6.07, 6.45) is 6.44. The minimum absolute atomic E-state index is 0.333. The van der Waals surface area contributed by atoms with Crippen molar-refractivity contribution in [3.05, 3.63) is 40.9 Å². The van der Waals surface area contributed by atoms with Crippen LogP contribution in [0.5, 0.6) is 0 Å². The summed E-state index contributed by atoms with van der Waals surface area (Å²) in [6.45, 7) is 2.12. The van der Waals surface area contributed by atoms with Gasteiger partial charge in [-0.15, -0.1) is 0 Å². The highest BCUT2D eigenvalue weighted by molar-refractivity contribution is 6.30. The smallest absolute Gasteiger partial charge is 0.0724 e. The Hall–Kier alpha value is -0.790. The number of aliphatic hydroxyl groups excluding tert-OH is 1. The van der Waals surface area contributed by atoms with Gasteiger partial charge in [0.25, 0.3) is 0 Å². The van der Waals surface area contributed by atoms with Crippen molar-refractivity contribution < 1.29 is 5.11 Å². The summed E-state index contributed by atoms with van der Waals surface area (Å²) in [6, 6.07) is 7.57. The van der Waals surface area contributed by atoms with Gasteiger partial charge in [-0.1, -0.05) is 55.7 Å². The molecule has 0 aromatic heterocycles. The zero-order valence-corrected chi connectivity index (χ0v) is 9.74. The molecule has 0 saturated heterocycles. The molecule has 0 spiro atoms. The summed E-state index contributed by atoms with van der Waals surface area (Å²) in [4.78, 5) is 0. The molecule has 0 fully saturated rings. The van der Waals surface area contributed by atoms with E-state index in [0.29, 0.717) is 0 Å². The zero-order chi connectivity index (χ0) is 11.1. The van der Waals surface area contributed by atoms with Crippen molar-refractivity contribution in [2.24, 2.45) is 0 Å². The minimum Gasteiger partial charge on any atom is -0.389 e. The van der Waals surface area contributed by atoms with Gasteiger partial charge in [-0.2, -0.15) is 0 Å². The molecule has 0 aliphatic heterocycles. The first-order valence-corrected chi connectivity index (χ1v) is 5.72. The van der Waals surface area contributed by atoms with Crippen LogP contribution >= 0.6 is 11.6 Å². The number of aliphatic hydroxyl groups is 1. The molecule has 2 heteroatoms. The fraction of sp³-hybridized carbons (Fsp3) is 0.385. The van der Waals surface area contributed by atoms with E-state index in [1.807, 2.05) is 36.4 Å². The van der Waals surface area contributed by atoms with Crippen LogP contribution in [0.1, 0.15) is 31.7 Å². The van der Waals surface area contributed by atoms with Crippen LogP contribution in [0.3, 0.4) is 0 Å². The standard InChI is InChI=1S/C13H17ClO/c1-2-3-4-13(15)10-7-11-5-8-12(14)9-6-11/h5-10,13,15H,2-4H2,1H3/b10-7+/t13-/m0/s1. The second-order valence-electron chi connectivity index (χ2n) is 3.62. The van der Waals surface area contributed by atoms with Crippen LogP contribution in [0.4, 0.5) is 0 Å². The fourth-order valence-electron chi connectivity index (χ4n) is 1.31. The monoisotopic (exact) mass is 224 g/mol. The van der Waals surface area contributed by atoms with E-state index < -0.39 is 0 Å². The fourth-order valence-corrected chi connectivity index (χ4v) is 1.43. The number of hydrogen-bond donors (Lipinski definition) is 1. The van der Waals surface area contributed by atoms with Crippen LogP contribution in [0.25, 0.3) is 6.08 Å². The quantitative estimate of drug-likeness (QED) is 0.804. The molecule has 0 aliphatic rings. The molecule has 15 heavy (non-hydrogen) atoms. The van der Waals surface area contributed by atoms with Gasteiger partial charge in [0.05, 0.1) is 6.10 Å². The van der Waals surface area contributed by atoms with Gasteiger partial charge in [-0.25, -0.2) is 0 Å². The Morgan fingerprint density at radius 3 is 2.60 bits per heavy atom. The summed E-state index contributed by atoms with van der Waals surface area (Å²) in [5.74, 6) is 0. The van der Waals surface area contributed by atoms with E-state index in [1.54, 1.807) is 0 Å². The molecule has 0 unspecified atom stereocenters. The highest BCUT2D eigenvalue weighted by atomic mass is 35.5. The van der Waals surface area contributed by atoms with Crippen LogP contribution in [-0.2, 0) is 0 Å². The van der Waals surface area contributed by atoms with Crippen LogP contribution < -0.4 is 0 Å². The van der Waals surface area contributed by atoms with Gasteiger partial charge < -0.3 is 5.11 Å². The molecule has 1 aromatic rings. The van der Waals surface area contributed by atoms with E-state index in [2.05, 4.69) is 6.92 Å². The van der Waals surface area contributed by atoms with Gasteiger partial charge in [-0.05, 0) is 24.1 Å². The van der Waals surface area contributed by atoms with Crippen LogP contribution in [0.2, 0.25) is 5.02 Å². The first-order chi connectivity index (χ1) is 7.22. The van der Waals surface area contributed by atoms with E-state index in [0.717, 1.165) is 29.8 Å². The average molecular weight is 225 g/mol. The minimum atomic E-state index is -0.333. The SMILES string of the molecule is CCCC[C@H](O)/C=C/c1ccc(Cl)cc1. The molecule has 0 bridgehead atoms. The Balaban J connectivity index is 2.46. The number of halogens is 1. The lowest BCUT2D eigenvalue weighted by atomic mass is 10.1. The van der Waals surface area contributed by atoms with Crippen molar-refractivity contribution in [3.63, 3.8) is 0 Å². The summed E-state index contributed by atoms with van der Waals surface area (Å²) >= 11 is 5.77. The molecule has 0 amide bonds. The molecular formula is C13H17ClO. The van der Waals surface area contributed by atoms with E-state index in [-0.39, 0.29) is 6.10 Å². The first kappa shape index (κ1) is 12.3. The van der Waals surface area contributed by atoms with Crippen LogP contribution in [0.15, 0.2) is 30.3 Å². The van der Waals surface area contributed by atoms with E-state index in [9.17, 15) is 5.11 Å². The van der Waals surface area contributed by atoms with Gasteiger partial charge >= 0.3 is 0 Å². The van der Waals surface area contributed by atoms with Crippen LogP contribution in [0, 0.1) is 0 Å². The molecule has 1 atom stereocenters. The lowest BCUT2D eigenvalue weighted by Gasteiger charge is -2.03. The number of benzene rings is 1. The van der Waals surface area contributed by atoms with Crippen molar-refractivity contribution >= 4 is 17.7 Å².